The van der Waals surface area contributed by atoms with Crippen LogP contribution in [0.3, 0.4) is 0 Å². The lowest BCUT2D eigenvalue weighted by molar-refractivity contribution is 0.102. The predicted molar refractivity (Wildman–Crippen MR) is 113 cm³/mol. The van der Waals surface area contributed by atoms with Crippen LogP contribution in [0.2, 0.25) is 0 Å². The molecule has 0 saturated carbocycles. The molecule has 0 spiro atoms. The Balaban J connectivity index is 2.01. The first-order valence-electron chi connectivity index (χ1n) is 9.40. The molecule has 28 heavy (non-hydrogen) atoms. The van der Waals surface area contributed by atoms with Crippen molar-refractivity contribution in [3.8, 4) is 0 Å². The Kier molecular flexibility index (Phi) is 5.76. The van der Waals surface area contributed by atoms with Crippen LogP contribution in [0.5, 0.6) is 0 Å². The first kappa shape index (κ1) is 20.4. The second-order valence-corrected chi connectivity index (χ2v) is 9.57. The number of nitrogens with zero attached hydrogens (tertiary/aromatic N) is 2. The van der Waals surface area contributed by atoms with Crippen LogP contribution in [0.4, 0.5) is 11.4 Å². The number of rotatable bonds is 5. The normalized spacial score (nSPS) is 14.5. The zero-order chi connectivity index (χ0) is 20.5. The molecule has 1 aliphatic rings. The lowest BCUT2D eigenvalue weighted by Crippen LogP contribution is -2.25. The molecule has 1 amide bonds. The van der Waals surface area contributed by atoms with Gasteiger partial charge in [-0.05, 0) is 68.1 Å². The van der Waals surface area contributed by atoms with Crippen molar-refractivity contribution in [3.63, 3.8) is 0 Å². The van der Waals surface area contributed by atoms with Gasteiger partial charge < -0.3 is 10.2 Å². The topological polar surface area (TPSA) is 69.7 Å². The fraction of sp³-hybridized carbons (Fsp3) is 0.381. The van der Waals surface area contributed by atoms with Gasteiger partial charge in [0.1, 0.15) is 0 Å². The van der Waals surface area contributed by atoms with E-state index in [9.17, 15) is 13.2 Å². The van der Waals surface area contributed by atoms with E-state index in [0.29, 0.717) is 11.3 Å². The van der Waals surface area contributed by atoms with Crippen LogP contribution in [0.25, 0.3) is 0 Å². The quantitative estimate of drug-likeness (QED) is 0.834. The van der Waals surface area contributed by atoms with Crippen molar-refractivity contribution in [3.05, 3.63) is 53.1 Å². The largest absolute Gasteiger partial charge is 0.371 e. The second kappa shape index (κ2) is 7.93. The van der Waals surface area contributed by atoms with Crippen LogP contribution < -0.4 is 10.2 Å². The van der Waals surface area contributed by atoms with Gasteiger partial charge in [-0.2, -0.15) is 0 Å². The monoisotopic (exact) mass is 401 g/mol. The number of hydrogen-bond donors (Lipinski definition) is 1. The molecule has 3 rings (SSSR count). The van der Waals surface area contributed by atoms with Crippen LogP contribution in [0, 0.1) is 13.8 Å². The Hall–Kier alpha value is -2.38. The molecule has 1 aliphatic heterocycles. The highest BCUT2D eigenvalue weighted by atomic mass is 32.2. The maximum Gasteiger partial charge on any atom is 0.257 e. The van der Waals surface area contributed by atoms with E-state index in [1.807, 2.05) is 32.0 Å². The van der Waals surface area contributed by atoms with Crippen LogP contribution in [-0.2, 0) is 10.0 Å². The standard InChI is InChI=1S/C21H27N3O3S/c1-15-7-8-17(13-16(15)2)22-21(25)19-14-18(28(26,27)23(3)4)9-10-20(19)24-11-5-6-12-24/h7-10,13-14H,5-6,11-12H2,1-4H3,(H,22,25). The highest BCUT2D eigenvalue weighted by Crippen LogP contribution is 2.29. The minimum Gasteiger partial charge on any atom is -0.371 e. The molecule has 1 heterocycles. The second-order valence-electron chi connectivity index (χ2n) is 7.41. The molecular weight excluding hydrogens is 374 g/mol. The van der Waals surface area contributed by atoms with Gasteiger partial charge in [0.15, 0.2) is 0 Å². The van der Waals surface area contributed by atoms with E-state index in [2.05, 4.69) is 10.2 Å². The van der Waals surface area contributed by atoms with Gasteiger partial charge in [-0.3, -0.25) is 4.79 Å². The van der Waals surface area contributed by atoms with Crippen LogP contribution >= 0.6 is 0 Å². The zero-order valence-corrected chi connectivity index (χ0v) is 17.6. The maximum atomic E-state index is 13.1. The van der Waals surface area contributed by atoms with Gasteiger partial charge in [-0.25, -0.2) is 12.7 Å². The van der Waals surface area contributed by atoms with Gasteiger partial charge in [-0.15, -0.1) is 0 Å². The van der Waals surface area contributed by atoms with Crippen molar-refractivity contribution >= 4 is 27.3 Å². The third-order valence-corrected chi connectivity index (χ3v) is 7.01. The van der Waals surface area contributed by atoms with Crippen molar-refractivity contribution < 1.29 is 13.2 Å². The highest BCUT2D eigenvalue weighted by molar-refractivity contribution is 7.89. The molecule has 1 N–H and O–H groups in total. The van der Waals surface area contributed by atoms with E-state index in [0.717, 1.165) is 47.1 Å². The number of benzene rings is 2. The number of anilines is 2. The molecule has 0 radical (unpaired) electrons. The Labute approximate surface area is 167 Å². The molecule has 0 unspecified atom stereocenters. The SMILES string of the molecule is Cc1ccc(NC(=O)c2cc(S(=O)(=O)N(C)C)ccc2N2CCCC2)cc1C. The third-order valence-electron chi connectivity index (χ3n) is 5.20. The van der Waals surface area contributed by atoms with Crippen LogP contribution in [-0.4, -0.2) is 45.8 Å². The predicted octanol–water partition coefficient (Wildman–Crippen LogP) is 3.41. The summed E-state index contributed by atoms with van der Waals surface area (Å²) in [6, 6.07) is 10.5. The van der Waals surface area contributed by atoms with E-state index < -0.39 is 10.0 Å². The van der Waals surface area contributed by atoms with Crippen molar-refractivity contribution in [1.29, 1.82) is 0 Å². The third kappa shape index (κ3) is 4.05. The maximum absolute atomic E-state index is 13.1. The lowest BCUT2D eigenvalue weighted by atomic mass is 10.1. The Morgan fingerprint density at radius 3 is 2.29 bits per heavy atom. The molecule has 0 bridgehead atoms. The summed E-state index contributed by atoms with van der Waals surface area (Å²) in [5.41, 5.74) is 4.08. The van der Waals surface area contributed by atoms with E-state index in [1.54, 1.807) is 12.1 Å². The van der Waals surface area contributed by atoms with Crippen molar-refractivity contribution in [2.45, 2.75) is 31.6 Å². The molecule has 6 nitrogen and oxygen atoms in total. The van der Waals surface area contributed by atoms with E-state index in [1.165, 1.54) is 20.2 Å². The zero-order valence-electron chi connectivity index (χ0n) is 16.8. The van der Waals surface area contributed by atoms with Gasteiger partial charge in [0, 0.05) is 38.6 Å². The summed E-state index contributed by atoms with van der Waals surface area (Å²) in [6.07, 6.45) is 2.13. The van der Waals surface area contributed by atoms with Gasteiger partial charge in [0.25, 0.3) is 5.91 Å². The van der Waals surface area contributed by atoms with E-state index in [4.69, 9.17) is 0 Å². The first-order valence-corrected chi connectivity index (χ1v) is 10.8. The minimum atomic E-state index is -3.62. The smallest absolute Gasteiger partial charge is 0.257 e. The molecule has 0 aromatic heterocycles. The summed E-state index contributed by atoms with van der Waals surface area (Å²) >= 11 is 0. The molecule has 7 heteroatoms. The fourth-order valence-corrected chi connectivity index (χ4v) is 4.25. The first-order chi connectivity index (χ1) is 13.2. The van der Waals surface area contributed by atoms with Gasteiger partial charge in [-0.1, -0.05) is 6.07 Å². The number of carbonyl (C=O) groups excluding carboxylic acids is 1. The average molecular weight is 402 g/mol. The number of hydrogen-bond acceptors (Lipinski definition) is 4. The van der Waals surface area contributed by atoms with Crippen molar-refractivity contribution in [2.24, 2.45) is 0 Å². The fourth-order valence-electron chi connectivity index (χ4n) is 3.32. The van der Waals surface area contributed by atoms with Gasteiger partial charge in [0.05, 0.1) is 10.5 Å². The van der Waals surface area contributed by atoms with Gasteiger partial charge >= 0.3 is 0 Å². The highest BCUT2D eigenvalue weighted by Gasteiger charge is 2.24. The summed E-state index contributed by atoms with van der Waals surface area (Å²) in [4.78, 5) is 15.3. The summed E-state index contributed by atoms with van der Waals surface area (Å²) in [5, 5.41) is 2.92. The molecular formula is C21H27N3O3S. The number of sulfonamides is 1. The molecule has 0 atom stereocenters. The number of aryl methyl sites for hydroxylation is 2. The van der Waals surface area contributed by atoms with Crippen molar-refractivity contribution in [1.82, 2.24) is 4.31 Å². The van der Waals surface area contributed by atoms with Crippen LogP contribution in [0.15, 0.2) is 41.3 Å². The Morgan fingerprint density at radius 2 is 1.68 bits per heavy atom. The van der Waals surface area contributed by atoms with Crippen LogP contribution in [0.1, 0.15) is 34.3 Å². The Morgan fingerprint density at radius 1 is 1.00 bits per heavy atom. The van der Waals surface area contributed by atoms with Crippen molar-refractivity contribution in [2.75, 3.05) is 37.4 Å². The minimum absolute atomic E-state index is 0.116. The van der Waals surface area contributed by atoms with E-state index in [-0.39, 0.29) is 10.8 Å². The average Bonchev–Trinajstić information content (AvgIpc) is 3.18. The molecule has 0 aliphatic carbocycles. The number of carbonyl (C=O) groups is 1. The molecule has 2 aromatic carbocycles. The summed E-state index contributed by atoms with van der Waals surface area (Å²) < 4.78 is 26.3. The lowest BCUT2D eigenvalue weighted by Gasteiger charge is -2.22. The Bertz CT molecular complexity index is 994. The summed E-state index contributed by atoms with van der Waals surface area (Å²) in [7, 11) is -0.654. The van der Waals surface area contributed by atoms with E-state index >= 15 is 0 Å². The molecule has 1 fully saturated rings. The molecule has 150 valence electrons. The summed E-state index contributed by atoms with van der Waals surface area (Å²) in [6.45, 7) is 5.74. The molecule has 1 saturated heterocycles. The number of amides is 1. The summed E-state index contributed by atoms with van der Waals surface area (Å²) in [5.74, 6) is -0.305. The van der Waals surface area contributed by atoms with Gasteiger partial charge in [0.2, 0.25) is 10.0 Å². The molecule has 2 aromatic rings. The number of nitrogens with one attached hydrogen (secondary N) is 1.